The van der Waals surface area contributed by atoms with Crippen molar-refractivity contribution < 1.29 is 19.1 Å². The van der Waals surface area contributed by atoms with Gasteiger partial charge in [-0.05, 0) is 30.2 Å². The predicted molar refractivity (Wildman–Crippen MR) is 82.4 cm³/mol. The molecule has 0 heterocycles. The molecule has 2 rings (SSSR count). The molecule has 22 heavy (non-hydrogen) atoms. The highest BCUT2D eigenvalue weighted by atomic mass is 16.5. The topological polar surface area (TPSA) is 52.6 Å². The van der Waals surface area contributed by atoms with E-state index < -0.39 is 11.9 Å². The number of carbonyl (C=O) groups is 2. The molecule has 0 spiro atoms. The van der Waals surface area contributed by atoms with E-state index in [0.717, 1.165) is 11.1 Å². The van der Waals surface area contributed by atoms with E-state index >= 15 is 0 Å². The first-order chi connectivity index (χ1) is 10.6. The zero-order valence-electron chi connectivity index (χ0n) is 12.6. The number of esters is 2. The van der Waals surface area contributed by atoms with Crippen LogP contribution in [0.25, 0.3) is 0 Å². The number of hydrogen-bond acceptors (Lipinski definition) is 4. The number of rotatable bonds is 5. The smallest absolute Gasteiger partial charge is 0.337 e. The minimum absolute atomic E-state index is 0.254. The fourth-order valence-corrected chi connectivity index (χ4v) is 2.02. The molecule has 0 aromatic heterocycles. The summed E-state index contributed by atoms with van der Waals surface area (Å²) in [6, 6.07) is 16.3. The molecular weight excluding hydrogens is 280 g/mol. The molecule has 0 aliphatic carbocycles. The number of carbonyl (C=O) groups excluding carboxylic acids is 2. The molecule has 1 atom stereocenters. The molecule has 0 aliphatic heterocycles. The summed E-state index contributed by atoms with van der Waals surface area (Å²) in [5.74, 6) is -1.09. The van der Waals surface area contributed by atoms with Gasteiger partial charge in [0.2, 0.25) is 0 Å². The van der Waals surface area contributed by atoms with Gasteiger partial charge in [0.25, 0.3) is 0 Å². The highest BCUT2D eigenvalue weighted by molar-refractivity contribution is 5.89. The van der Waals surface area contributed by atoms with E-state index in [0.29, 0.717) is 5.56 Å². The highest BCUT2D eigenvalue weighted by Gasteiger charge is 2.17. The predicted octanol–water partition coefficient (Wildman–Crippen LogP) is 3.32. The van der Waals surface area contributed by atoms with Crippen LogP contribution < -0.4 is 0 Å². The molecule has 0 fully saturated rings. The molecule has 0 N–H and O–H groups in total. The fourth-order valence-electron chi connectivity index (χ4n) is 2.02. The van der Waals surface area contributed by atoms with Crippen LogP contribution in [0, 0.1) is 0 Å². The molecular formula is C18H18O4. The summed E-state index contributed by atoms with van der Waals surface area (Å²) in [5.41, 5.74) is 2.20. The van der Waals surface area contributed by atoms with Gasteiger partial charge in [0.05, 0.1) is 18.6 Å². The zero-order valence-corrected chi connectivity index (χ0v) is 12.6. The largest absolute Gasteiger partial charge is 0.465 e. The third-order valence-electron chi connectivity index (χ3n) is 3.41. The molecule has 4 heteroatoms. The molecule has 0 aliphatic rings. The number of ether oxygens (including phenoxy) is 2. The van der Waals surface area contributed by atoms with Gasteiger partial charge in [-0.1, -0.05) is 42.5 Å². The Labute approximate surface area is 129 Å². The first kappa shape index (κ1) is 15.8. The molecule has 2 aromatic rings. The second-order valence-corrected chi connectivity index (χ2v) is 4.93. The quantitative estimate of drug-likeness (QED) is 0.795. The van der Waals surface area contributed by atoms with Gasteiger partial charge in [-0.2, -0.15) is 0 Å². The standard InChI is InChI=1S/C18H18O4/c1-13(15-8-10-16(11-9-15)18(20)21-2)17(19)22-12-14-6-4-3-5-7-14/h3-11,13H,12H2,1-2H3. The van der Waals surface area contributed by atoms with Crippen LogP contribution in [-0.4, -0.2) is 19.0 Å². The number of methoxy groups -OCH3 is 1. The molecule has 2 aromatic carbocycles. The Balaban J connectivity index is 1.96. The van der Waals surface area contributed by atoms with Crippen LogP contribution in [0.5, 0.6) is 0 Å². The van der Waals surface area contributed by atoms with Crippen molar-refractivity contribution in [3.8, 4) is 0 Å². The average Bonchev–Trinajstić information content (AvgIpc) is 2.59. The van der Waals surface area contributed by atoms with E-state index in [4.69, 9.17) is 4.74 Å². The summed E-state index contributed by atoms with van der Waals surface area (Å²) >= 11 is 0. The maximum atomic E-state index is 12.1. The van der Waals surface area contributed by atoms with Crippen molar-refractivity contribution in [1.29, 1.82) is 0 Å². The summed E-state index contributed by atoms with van der Waals surface area (Å²) in [6.07, 6.45) is 0. The Morgan fingerprint density at radius 2 is 1.64 bits per heavy atom. The van der Waals surface area contributed by atoms with Crippen molar-refractivity contribution >= 4 is 11.9 Å². The molecule has 0 amide bonds. The van der Waals surface area contributed by atoms with E-state index in [-0.39, 0.29) is 12.6 Å². The van der Waals surface area contributed by atoms with Gasteiger partial charge in [-0.15, -0.1) is 0 Å². The fraction of sp³-hybridized carbons (Fsp3) is 0.222. The molecule has 0 saturated carbocycles. The Morgan fingerprint density at radius 3 is 2.23 bits per heavy atom. The van der Waals surface area contributed by atoms with E-state index in [1.807, 2.05) is 30.3 Å². The number of benzene rings is 2. The second kappa shape index (κ2) is 7.41. The Hall–Kier alpha value is -2.62. The van der Waals surface area contributed by atoms with Gasteiger partial charge in [0.1, 0.15) is 6.61 Å². The van der Waals surface area contributed by atoms with Gasteiger partial charge < -0.3 is 9.47 Å². The zero-order chi connectivity index (χ0) is 15.9. The van der Waals surface area contributed by atoms with Crippen molar-refractivity contribution in [2.45, 2.75) is 19.4 Å². The van der Waals surface area contributed by atoms with E-state index in [9.17, 15) is 9.59 Å². The minimum atomic E-state index is -0.397. The lowest BCUT2D eigenvalue weighted by Gasteiger charge is -2.12. The first-order valence-electron chi connectivity index (χ1n) is 7.00. The second-order valence-electron chi connectivity index (χ2n) is 4.93. The first-order valence-corrected chi connectivity index (χ1v) is 7.00. The van der Waals surface area contributed by atoms with E-state index in [1.165, 1.54) is 7.11 Å². The Kier molecular flexibility index (Phi) is 5.31. The van der Waals surface area contributed by atoms with Gasteiger partial charge in [-0.25, -0.2) is 4.79 Å². The number of hydrogen-bond donors (Lipinski definition) is 0. The van der Waals surface area contributed by atoms with Gasteiger partial charge >= 0.3 is 11.9 Å². The van der Waals surface area contributed by atoms with Crippen molar-refractivity contribution in [1.82, 2.24) is 0 Å². The van der Waals surface area contributed by atoms with Crippen molar-refractivity contribution in [3.63, 3.8) is 0 Å². The molecule has 114 valence electrons. The maximum absolute atomic E-state index is 12.1. The summed E-state index contributed by atoms with van der Waals surface area (Å²) in [7, 11) is 1.33. The third-order valence-corrected chi connectivity index (χ3v) is 3.41. The summed E-state index contributed by atoms with van der Waals surface area (Å²) in [4.78, 5) is 23.5. The monoisotopic (exact) mass is 298 g/mol. The molecule has 1 unspecified atom stereocenters. The van der Waals surface area contributed by atoms with Crippen molar-refractivity contribution in [2.75, 3.05) is 7.11 Å². The normalized spacial score (nSPS) is 11.5. The van der Waals surface area contributed by atoms with Gasteiger partial charge in [-0.3, -0.25) is 4.79 Å². The molecule has 0 bridgehead atoms. The van der Waals surface area contributed by atoms with Crippen molar-refractivity contribution in [2.24, 2.45) is 0 Å². The summed E-state index contributed by atoms with van der Waals surface area (Å²) < 4.78 is 9.95. The Bertz CT molecular complexity index is 632. The molecule has 4 nitrogen and oxygen atoms in total. The van der Waals surface area contributed by atoms with Crippen LogP contribution in [0.3, 0.4) is 0 Å². The lowest BCUT2D eigenvalue weighted by molar-refractivity contribution is -0.146. The minimum Gasteiger partial charge on any atom is -0.465 e. The third kappa shape index (κ3) is 3.95. The van der Waals surface area contributed by atoms with Crippen LogP contribution in [0.2, 0.25) is 0 Å². The van der Waals surface area contributed by atoms with Crippen LogP contribution in [-0.2, 0) is 20.9 Å². The van der Waals surface area contributed by atoms with E-state index in [2.05, 4.69) is 4.74 Å². The van der Waals surface area contributed by atoms with E-state index in [1.54, 1.807) is 31.2 Å². The maximum Gasteiger partial charge on any atom is 0.337 e. The van der Waals surface area contributed by atoms with Crippen LogP contribution in [0.1, 0.15) is 34.3 Å². The summed E-state index contributed by atoms with van der Waals surface area (Å²) in [6.45, 7) is 2.03. The lowest BCUT2D eigenvalue weighted by atomic mass is 10.00. The molecule has 0 radical (unpaired) electrons. The van der Waals surface area contributed by atoms with Crippen LogP contribution >= 0.6 is 0 Å². The Morgan fingerprint density at radius 1 is 1.00 bits per heavy atom. The van der Waals surface area contributed by atoms with Gasteiger partial charge in [0.15, 0.2) is 0 Å². The molecule has 0 saturated heterocycles. The average molecular weight is 298 g/mol. The van der Waals surface area contributed by atoms with Crippen molar-refractivity contribution in [3.05, 3.63) is 71.3 Å². The van der Waals surface area contributed by atoms with Crippen LogP contribution in [0.4, 0.5) is 0 Å². The lowest BCUT2D eigenvalue weighted by Crippen LogP contribution is -2.13. The highest BCUT2D eigenvalue weighted by Crippen LogP contribution is 2.18. The summed E-state index contributed by atoms with van der Waals surface area (Å²) in [5, 5.41) is 0. The SMILES string of the molecule is COC(=O)c1ccc(C(C)C(=O)OCc2ccccc2)cc1. The van der Waals surface area contributed by atoms with Gasteiger partial charge in [0, 0.05) is 0 Å². The van der Waals surface area contributed by atoms with Crippen LogP contribution in [0.15, 0.2) is 54.6 Å².